The molecule has 1 atom stereocenters. The van der Waals surface area contributed by atoms with Crippen LogP contribution >= 0.6 is 0 Å². The van der Waals surface area contributed by atoms with Gasteiger partial charge in [-0.25, -0.2) is 0 Å². The number of phenolic OH excluding ortho intramolecular Hbond substituents is 1. The number of aliphatic hydroxyl groups is 1. The lowest BCUT2D eigenvalue weighted by Gasteiger charge is -2.22. The lowest BCUT2D eigenvalue weighted by atomic mass is 10.0. The number of rotatable bonds is 6. The van der Waals surface area contributed by atoms with E-state index in [1.165, 1.54) is 0 Å². The summed E-state index contributed by atoms with van der Waals surface area (Å²) in [6.45, 7) is 3.92. The van der Waals surface area contributed by atoms with Crippen LogP contribution in [0.4, 0.5) is 0 Å². The van der Waals surface area contributed by atoms with Crippen LogP contribution in [0.3, 0.4) is 0 Å². The van der Waals surface area contributed by atoms with Crippen LogP contribution in [0.25, 0.3) is 0 Å². The third-order valence-electron chi connectivity index (χ3n) is 2.80. The molecule has 100 valence electrons. The maximum Gasteiger partial charge on any atom is 0.224 e. The molecule has 1 aromatic rings. The molecule has 1 unspecified atom stereocenters. The number of carbonyl (C=O) groups is 1. The summed E-state index contributed by atoms with van der Waals surface area (Å²) in [5.74, 6) is -0.0825. The Morgan fingerprint density at radius 3 is 2.67 bits per heavy atom. The molecule has 1 amide bonds. The first-order chi connectivity index (χ1) is 8.44. The van der Waals surface area contributed by atoms with Gasteiger partial charge < -0.3 is 15.5 Å². The Balaban J connectivity index is 2.46. The van der Waals surface area contributed by atoms with Gasteiger partial charge in [0.2, 0.25) is 5.91 Å². The second-order valence-electron chi connectivity index (χ2n) is 4.83. The molecule has 0 aliphatic carbocycles. The quantitative estimate of drug-likeness (QED) is 0.719. The number of carbonyl (C=O) groups excluding carboxylic acids is 1. The standard InChI is InChI=1S/C14H21NO3/c1-3-8-14(2,18)10-15-13(17)9-11-6-4-5-7-12(11)16/h4-7,16,18H,3,8-10H2,1-2H3,(H,15,17). The van der Waals surface area contributed by atoms with Gasteiger partial charge in [0.15, 0.2) is 0 Å². The maximum absolute atomic E-state index is 11.7. The van der Waals surface area contributed by atoms with Crippen molar-refractivity contribution in [1.29, 1.82) is 0 Å². The first-order valence-electron chi connectivity index (χ1n) is 6.20. The van der Waals surface area contributed by atoms with Gasteiger partial charge in [0.25, 0.3) is 0 Å². The van der Waals surface area contributed by atoms with Crippen molar-refractivity contribution in [3.8, 4) is 5.75 Å². The molecule has 0 aliphatic heterocycles. The largest absolute Gasteiger partial charge is 0.508 e. The lowest BCUT2D eigenvalue weighted by molar-refractivity contribution is -0.121. The van der Waals surface area contributed by atoms with Crippen LogP contribution in [0.5, 0.6) is 5.75 Å². The fourth-order valence-electron chi connectivity index (χ4n) is 1.81. The third kappa shape index (κ3) is 4.75. The average molecular weight is 251 g/mol. The van der Waals surface area contributed by atoms with Crippen LogP contribution in [-0.2, 0) is 11.2 Å². The Bertz CT molecular complexity index is 402. The minimum atomic E-state index is -0.872. The van der Waals surface area contributed by atoms with Gasteiger partial charge in [-0.3, -0.25) is 4.79 Å². The second-order valence-corrected chi connectivity index (χ2v) is 4.83. The zero-order valence-electron chi connectivity index (χ0n) is 10.9. The molecule has 0 aromatic heterocycles. The number of phenols is 1. The molecule has 4 nitrogen and oxygen atoms in total. The Kier molecular flexibility index (Phi) is 5.16. The summed E-state index contributed by atoms with van der Waals surface area (Å²) in [6, 6.07) is 6.74. The van der Waals surface area contributed by atoms with Crippen molar-refractivity contribution in [2.24, 2.45) is 0 Å². The topological polar surface area (TPSA) is 69.6 Å². The average Bonchev–Trinajstić information content (AvgIpc) is 2.30. The highest BCUT2D eigenvalue weighted by molar-refractivity contribution is 5.79. The molecular weight excluding hydrogens is 230 g/mol. The van der Waals surface area contributed by atoms with Gasteiger partial charge in [-0.1, -0.05) is 31.5 Å². The van der Waals surface area contributed by atoms with Gasteiger partial charge in [0.1, 0.15) is 5.75 Å². The molecule has 0 saturated carbocycles. The molecule has 1 rings (SSSR count). The molecule has 3 N–H and O–H groups in total. The smallest absolute Gasteiger partial charge is 0.224 e. The van der Waals surface area contributed by atoms with E-state index in [1.54, 1.807) is 31.2 Å². The lowest BCUT2D eigenvalue weighted by Crippen LogP contribution is -2.41. The number of benzene rings is 1. The van der Waals surface area contributed by atoms with Crippen molar-refractivity contribution < 1.29 is 15.0 Å². The highest BCUT2D eigenvalue weighted by atomic mass is 16.3. The molecule has 1 aromatic carbocycles. The van der Waals surface area contributed by atoms with Gasteiger partial charge in [0.05, 0.1) is 12.0 Å². The van der Waals surface area contributed by atoms with E-state index < -0.39 is 5.60 Å². The summed E-state index contributed by atoms with van der Waals surface area (Å²) in [7, 11) is 0. The van der Waals surface area contributed by atoms with Crippen LogP contribution < -0.4 is 5.32 Å². The maximum atomic E-state index is 11.7. The second kappa shape index (κ2) is 6.40. The Labute approximate surface area is 108 Å². The van der Waals surface area contributed by atoms with Crippen molar-refractivity contribution in [3.05, 3.63) is 29.8 Å². The zero-order chi connectivity index (χ0) is 13.6. The fraction of sp³-hybridized carbons (Fsp3) is 0.500. The van der Waals surface area contributed by atoms with E-state index in [-0.39, 0.29) is 24.6 Å². The first kappa shape index (κ1) is 14.5. The summed E-state index contributed by atoms with van der Waals surface area (Å²) in [5.41, 5.74) is -0.284. The number of aromatic hydroxyl groups is 1. The summed E-state index contributed by atoms with van der Waals surface area (Å²) in [4.78, 5) is 11.7. The normalized spacial score (nSPS) is 13.9. The minimum absolute atomic E-state index is 0.118. The monoisotopic (exact) mass is 251 g/mol. The van der Waals surface area contributed by atoms with Gasteiger partial charge in [0, 0.05) is 12.1 Å². The number of hydrogen-bond acceptors (Lipinski definition) is 3. The zero-order valence-corrected chi connectivity index (χ0v) is 10.9. The summed E-state index contributed by atoms with van der Waals surface area (Å²) >= 11 is 0. The molecule has 0 bridgehead atoms. The van der Waals surface area contributed by atoms with E-state index in [2.05, 4.69) is 5.32 Å². The van der Waals surface area contributed by atoms with Crippen molar-refractivity contribution in [2.75, 3.05) is 6.54 Å². The highest BCUT2D eigenvalue weighted by Crippen LogP contribution is 2.16. The number of nitrogens with one attached hydrogen (secondary N) is 1. The van der Waals surface area contributed by atoms with Gasteiger partial charge in [-0.05, 0) is 19.4 Å². The number of amides is 1. The Morgan fingerprint density at radius 2 is 2.06 bits per heavy atom. The molecular formula is C14H21NO3. The Hall–Kier alpha value is -1.55. The third-order valence-corrected chi connectivity index (χ3v) is 2.80. The minimum Gasteiger partial charge on any atom is -0.508 e. The van der Waals surface area contributed by atoms with Crippen molar-refractivity contribution in [2.45, 2.75) is 38.7 Å². The van der Waals surface area contributed by atoms with E-state index in [9.17, 15) is 15.0 Å². The first-order valence-corrected chi connectivity index (χ1v) is 6.20. The summed E-state index contributed by atoms with van der Waals surface area (Å²) in [6.07, 6.45) is 1.63. The molecule has 18 heavy (non-hydrogen) atoms. The predicted octanol–water partition coefficient (Wildman–Crippen LogP) is 1.60. The molecule has 0 saturated heterocycles. The van der Waals surface area contributed by atoms with Crippen molar-refractivity contribution in [3.63, 3.8) is 0 Å². The highest BCUT2D eigenvalue weighted by Gasteiger charge is 2.20. The van der Waals surface area contributed by atoms with E-state index in [0.29, 0.717) is 12.0 Å². The number of hydrogen-bond donors (Lipinski definition) is 3. The van der Waals surface area contributed by atoms with Crippen LogP contribution in [0, 0.1) is 0 Å². The summed E-state index contributed by atoms with van der Waals surface area (Å²) < 4.78 is 0. The van der Waals surface area contributed by atoms with Crippen LogP contribution in [0.15, 0.2) is 24.3 Å². The van der Waals surface area contributed by atoms with E-state index >= 15 is 0 Å². The van der Waals surface area contributed by atoms with Gasteiger partial charge in [-0.2, -0.15) is 0 Å². The SMILES string of the molecule is CCCC(C)(O)CNC(=O)Cc1ccccc1O. The molecule has 4 heteroatoms. The molecule has 0 aliphatic rings. The van der Waals surface area contributed by atoms with Gasteiger partial charge >= 0.3 is 0 Å². The molecule has 0 heterocycles. The predicted molar refractivity (Wildman–Crippen MR) is 70.4 cm³/mol. The van der Waals surface area contributed by atoms with E-state index in [1.807, 2.05) is 6.92 Å². The van der Waals surface area contributed by atoms with Crippen molar-refractivity contribution in [1.82, 2.24) is 5.32 Å². The van der Waals surface area contributed by atoms with E-state index in [0.717, 1.165) is 6.42 Å². The van der Waals surface area contributed by atoms with Crippen LogP contribution in [0.1, 0.15) is 32.3 Å². The number of para-hydroxylation sites is 1. The van der Waals surface area contributed by atoms with Crippen LogP contribution in [-0.4, -0.2) is 28.3 Å². The van der Waals surface area contributed by atoms with E-state index in [4.69, 9.17) is 0 Å². The summed E-state index contributed by atoms with van der Waals surface area (Å²) in [5, 5.41) is 22.1. The Morgan fingerprint density at radius 1 is 1.39 bits per heavy atom. The molecule has 0 spiro atoms. The fourth-order valence-corrected chi connectivity index (χ4v) is 1.81. The van der Waals surface area contributed by atoms with Crippen molar-refractivity contribution >= 4 is 5.91 Å². The van der Waals surface area contributed by atoms with Crippen LogP contribution in [0.2, 0.25) is 0 Å². The molecule has 0 radical (unpaired) electrons. The van der Waals surface area contributed by atoms with Gasteiger partial charge in [-0.15, -0.1) is 0 Å². The molecule has 0 fully saturated rings.